The number of aryl methyl sites for hydroxylation is 1. The molecule has 8 heteroatoms. The second-order valence-electron chi connectivity index (χ2n) is 4.31. The van der Waals surface area contributed by atoms with E-state index >= 15 is 0 Å². The van der Waals surface area contributed by atoms with Gasteiger partial charge in [-0.2, -0.15) is 0 Å². The first kappa shape index (κ1) is 14.4. The number of nitrogens with one attached hydrogen (secondary N) is 1. The molecule has 0 aliphatic carbocycles. The van der Waals surface area contributed by atoms with Crippen molar-refractivity contribution in [2.24, 2.45) is 0 Å². The highest BCUT2D eigenvalue weighted by atomic mass is 16.6. The molecule has 0 fully saturated rings. The van der Waals surface area contributed by atoms with Crippen molar-refractivity contribution >= 4 is 17.3 Å². The van der Waals surface area contributed by atoms with Crippen molar-refractivity contribution < 1.29 is 9.72 Å². The molecule has 0 bridgehead atoms. The van der Waals surface area contributed by atoms with Gasteiger partial charge in [0.25, 0.3) is 11.6 Å². The number of non-ortho nitro benzene ring substituents is 1. The van der Waals surface area contributed by atoms with Crippen LogP contribution < -0.4 is 11.1 Å². The predicted octanol–water partition coefficient (Wildman–Crippen LogP) is 1.21. The van der Waals surface area contributed by atoms with Crippen molar-refractivity contribution in [3.63, 3.8) is 0 Å². The highest BCUT2D eigenvalue weighted by Gasteiger charge is 2.15. The van der Waals surface area contributed by atoms with Crippen LogP contribution in [-0.2, 0) is 6.54 Å². The molecule has 2 aromatic rings. The summed E-state index contributed by atoms with van der Waals surface area (Å²) >= 11 is 0. The number of anilines is 1. The molecule has 1 aromatic carbocycles. The van der Waals surface area contributed by atoms with Gasteiger partial charge in [-0.3, -0.25) is 14.9 Å². The van der Waals surface area contributed by atoms with E-state index in [1.165, 1.54) is 12.1 Å². The van der Waals surface area contributed by atoms with Crippen LogP contribution in [0, 0.1) is 17.0 Å². The van der Waals surface area contributed by atoms with Crippen molar-refractivity contribution in [2.75, 3.05) is 5.73 Å². The first-order chi connectivity index (χ1) is 9.97. The summed E-state index contributed by atoms with van der Waals surface area (Å²) in [6.45, 7) is 1.92. The first-order valence-electron chi connectivity index (χ1n) is 6.08. The van der Waals surface area contributed by atoms with Gasteiger partial charge in [-0.15, -0.1) is 0 Å². The molecule has 0 atom stereocenters. The first-order valence-corrected chi connectivity index (χ1v) is 6.08. The van der Waals surface area contributed by atoms with Gasteiger partial charge in [0.2, 0.25) is 0 Å². The number of carbonyl (C=O) groups is 1. The summed E-state index contributed by atoms with van der Waals surface area (Å²) in [6, 6.07) is 5.40. The van der Waals surface area contributed by atoms with Gasteiger partial charge in [0.1, 0.15) is 5.82 Å². The highest BCUT2D eigenvalue weighted by Crippen LogP contribution is 2.19. The Labute approximate surface area is 120 Å². The quantitative estimate of drug-likeness (QED) is 0.494. The molecule has 0 radical (unpaired) electrons. The average molecular weight is 287 g/mol. The number of rotatable bonds is 4. The van der Waals surface area contributed by atoms with Gasteiger partial charge in [0.15, 0.2) is 0 Å². The maximum atomic E-state index is 12.0. The van der Waals surface area contributed by atoms with Gasteiger partial charge < -0.3 is 11.1 Å². The van der Waals surface area contributed by atoms with Crippen molar-refractivity contribution in [1.29, 1.82) is 0 Å². The third-order valence-corrected chi connectivity index (χ3v) is 2.76. The smallest absolute Gasteiger partial charge is 0.270 e. The minimum absolute atomic E-state index is 0.0648. The lowest BCUT2D eigenvalue weighted by atomic mass is 10.1. The molecule has 0 aliphatic heterocycles. The van der Waals surface area contributed by atoms with Gasteiger partial charge >= 0.3 is 0 Å². The Kier molecular flexibility index (Phi) is 4.07. The predicted molar refractivity (Wildman–Crippen MR) is 75.4 cm³/mol. The molecule has 21 heavy (non-hydrogen) atoms. The monoisotopic (exact) mass is 287 g/mol. The molecule has 0 aliphatic rings. The third kappa shape index (κ3) is 3.50. The Morgan fingerprint density at radius 3 is 2.86 bits per heavy atom. The Morgan fingerprint density at radius 2 is 2.19 bits per heavy atom. The van der Waals surface area contributed by atoms with Gasteiger partial charge in [-0.1, -0.05) is 0 Å². The molecule has 8 nitrogen and oxygen atoms in total. The lowest BCUT2D eigenvalue weighted by molar-refractivity contribution is -0.384. The number of hydrogen-bond acceptors (Lipinski definition) is 6. The minimum Gasteiger partial charge on any atom is -0.398 e. The molecule has 1 amide bonds. The number of nitrogen functional groups attached to an aromatic ring is 1. The van der Waals surface area contributed by atoms with Crippen LogP contribution in [0.25, 0.3) is 0 Å². The van der Waals surface area contributed by atoms with E-state index in [0.717, 1.165) is 6.07 Å². The SMILES string of the molecule is Cc1nccc(CNC(=O)c2cc([N+](=O)[O-])ccc2N)n1. The second kappa shape index (κ2) is 5.95. The van der Waals surface area contributed by atoms with Crippen LogP contribution in [0.2, 0.25) is 0 Å². The topological polar surface area (TPSA) is 124 Å². The van der Waals surface area contributed by atoms with Crippen molar-refractivity contribution in [1.82, 2.24) is 15.3 Å². The molecule has 0 spiro atoms. The van der Waals surface area contributed by atoms with E-state index in [0.29, 0.717) is 11.5 Å². The summed E-state index contributed by atoms with van der Waals surface area (Å²) < 4.78 is 0. The fourth-order valence-electron chi connectivity index (χ4n) is 1.72. The van der Waals surface area contributed by atoms with Gasteiger partial charge in [-0.05, 0) is 19.1 Å². The summed E-state index contributed by atoms with van der Waals surface area (Å²) in [4.78, 5) is 30.3. The highest BCUT2D eigenvalue weighted by molar-refractivity contribution is 5.99. The largest absolute Gasteiger partial charge is 0.398 e. The van der Waals surface area contributed by atoms with Crippen LogP contribution in [-0.4, -0.2) is 20.8 Å². The molecule has 1 aromatic heterocycles. The maximum Gasteiger partial charge on any atom is 0.270 e. The van der Waals surface area contributed by atoms with Crippen LogP contribution in [0.3, 0.4) is 0 Å². The Bertz CT molecular complexity index is 702. The molecule has 108 valence electrons. The summed E-state index contributed by atoms with van der Waals surface area (Å²) in [5, 5.41) is 13.3. The number of nitro groups is 1. The standard InChI is InChI=1S/C13H13N5O3/c1-8-15-5-4-9(17-8)7-16-13(19)11-6-10(18(20)21)2-3-12(11)14/h2-6H,7,14H2,1H3,(H,16,19). The van der Waals surface area contributed by atoms with Crippen LogP contribution in [0.4, 0.5) is 11.4 Å². The second-order valence-corrected chi connectivity index (χ2v) is 4.31. The number of carbonyl (C=O) groups excluding carboxylic acids is 1. The summed E-state index contributed by atoms with van der Waals surface area (Å²) in [6.07, 6.45) is 1.59. The minimum atomic E-state index is -0.579. The van der Waals surface area contributed by atoms with E-state index in [1.807, 2.05) is 0 Å². The summed E-state index contributed by atoms with van der Waals surface area (Å²) in [7, 11) is 0. The van der Waals surface area contributed by atoms with Gasteiger partial charge in [0, 0.05) is 24.0 Å². The Morgan fingerprint density at radius 1 is 1.43 bits per heavy atom. The fraction of sp³-hybridized carbons (Fsp3) is 0.154. The average Bonchev–Trinajstić information content (AvgIpc) is 2.45. The summed E-state index contributed by atoms with van der Waals surface area (Å²) in [5.74, 6) is 0.101. The molecule has 0 unspecified atom stereocenters. The molecule has 3 N–H and O–H groups in total. The van der Waals surface area contributed by atoms with Gasteiger partial charge in [-0.25, -0.2) is 9.97 Å². The number of nitrogens with two attached hydrogens (primary N) is 1. The molecular weight excluding hydrogens is 274 g/mol. The Balaban J connectivity index is 2.13. The zero-order chi connectivity index (χ0) is 15.4. The Hall–Kier alpha value is -3.03. The van der Waals surface area contributed by atoms with E-state index in [4.69, 9.17) is 5.73 Å². The molecule has 2 rings (SSSR count). The van der Waals surface area contributed by atoms with Crippen molar-refractivity contribution in [3.8, 4) is 0 Å². The van der Waals surface area contributed by atoms with Crippen molar-refractivity contribution in [3.05, 3.63) is 57.7 Å². The van der Waals surface area contributed by atoms with E-state index in [2.05, 4.69) is 15.3 Å². The normalized spacial score (nSPS) is 10.1. The zero-order valence-corrected chi connectivity index (χ0v) is 11.2. The lowest BCUT2D eigenvalue weighted by Gasteiger charge is -2.07. The van der Waals surface area contributed by atoms with Crippen LogP contribution in [0.1, 0.15) is 21.9 Å². The number of nitrogens with zero attached hydrogens (tertiary/aromatic N) is 3. The van der Waals surface area contributed by atoms with Crippen LogP contribution in [0.5, 0.6) is 0 Å². The molecule has 1 heterocycles. The number of aromatic nitrogens is 2. The summed E-state index contributed by atoms with van der Waals surface area (Å²) in [5.41, 5.74) is 6.37. The van der Waals surface area contributed by atoms with Crippen LogP contribution >= 0.6 is 0 Å². The zero-order valence-electron chi connectivity index (χ0n) is 11.2. The maximum absolute atomic E-state index is 12.0. The van der Waals surface area contributed by atoms with E-state index in [9.17, 15) is 14.9 Å². The number of nitro benzene ring substituents is 1. The fourth-order valence-corrected chi connectivity index (χ4v) is 1.72. The molecular formula is C13H13N5O3. The van der Waals surface area contributed by atoms with E-state index in [1.54, 1.807) is 19.2 Å². The molecule has 0 saturated carbocycles. The third-order valence-electron chi connectivity index (χ3n) is 2.76. The van der Waals surface area contributed by atoms with E-state index < -0.39 is 10.8 Å². The van der Waals surface area contributed by atoms with Crippen molar-refractivity contribution in [2.45, 2.75) is 13.5 Å². The van der Waals surface area contributed by atoms with E-state index in [-0.39, 0.29) is 23.5 Å². The number of amides is 1. The lowest BCUT2D eigenvalue weighted by Crippen LogP contribution is -2.24. The number of hydrogen-bond donors (Lipinski definition) is 2. The van der Waals surface area contributed by atoms with Gasteiger partial charge in [0.05, 0.1) is 22.7 Å². The molecule has 0 saturated heterocycles. The number of benzene rings is 1. The van der Waals surface area contributed by atoms with Crippen LogP contribution in [0.15, 0.2) is 30.5 Å².